The summed E-state index contributed by atoms with van der Waals surface area (Å²) in [5.74, 6) is 5.98. The van der Waals surface area contributed by atoms with E-state index in [-0.39, 0.29) is 35.3 Å². The van der Waals surface area contributed by atoms with Gasteiger partial charge in [0.15, 0.2) is 6.61 Å². The van der Waals surface area contributed by atoms with Crippen LogP contribution in [0.25, 0.3) is 11.0 Å². The molecular weight excluding hydrogens is 716 g/mol. The fraction of sp³-hybridized carbons (Fsp3) is 0.600. The Morgan fingerprint density at radius 2 is 1.73 bits per heavy atom. The molecule has 3 aromatic rings. The Kier molecular flexibility index (Phi) is 10.7. The van der Waals surface area contributed by atoms with Crippen LogP contribution in [0.5, 0.6) is 17.2 Å². The lowest BCUT2D eigenvalue weighted by Crippen LogP contribution is -2.51. The molecule has 4 aliphatic carbocycles. The first kappa shape index (κ1) is 37.3. The van der Waals surface area contributed by atoms with E-state index in [9.17, 15) is 9.59 Å². The van der Waals surface area contributed by atoms with E-state index >= 15 is 0 Å². The largest absolute Gasteiger partial charge is 0.482 e. The highest BCUT2D eigenvalue weighted by atomic mass is 79.9. The molecule has 6 nitrogen and oxygen atoms in total. The van der Waals surface area contributed by atoms with Crippen molar-refractivity contribution in [1.29, 1.82) is 0 Å². The van der Waals surface area contributed by atoms with Gasteiger partial charge in [0.2, 0.25) is 11.2 Å². The van der Waals surface area contributed by atoms with Crippen LogP contribution in [0, 0.1) is 53.3 Å². The van der Waals surface area contributed by atoms with Crippen molar-refractivity contribution in [3.05, 3.63) is 74.6 Å². The zero-order valence-electron chi connectivity index (χ0n) is 32.0. The number of aryl methyl sites for hydroxylation is 1. The molecule has 7 heteroatoms. The topological polar surface area (TPSA) is 75.0 Å². The van der Waals surface area contributed by atoms with Gasteiger partial charge in [-0.3, -0.25) is 4.79 Å². The monoisotopic (exact) mass is 772 g/mol. The second-order valence-electron chi connectivity index (χ2n) is 17.5. The van der Waals surface area contributed by atoms with Gasteiger partial charge in [0.05, 0.1) is 5.39 Å². The third-order valence-electron chi connectivity index (χ3n) is 13.9. The summed E-state index contributed by atoms with van der Waals surface area (Å²) in [6.45, 7) is 13.9. The van der Waals surface area contributed by atoms with Gasteiger partial charge in [-0.15, -0.1) is 0 Å². The van der Waals surface area contributed by atoms with E-state index in [4.69, 9.17) is 18.6 Å². The fourth-order valence-electron chi connectivity index (χ4n) is 11.2. The summed E-state index contributed by atoms with van der Waals surface area (Å²) in [4.78, 5) is 26.3. The average Bonchev–Trinajstić information content (AvgIpc) is 3.47. The number of allylic oxidation sites excluding steroid dienone is 1. The number of rotatable bonds is 11. The van der Waals surface area contributed by atoms with Crippen molar-refractivity contribution < 1.29 is 23.4 Å². The average molecular weight is 774 g/mol. The summed E-state index contributed by atoms with van der Waals surface area (Å²) >= 11 is 3.41. The first-order valence-corrected chi connectivity index (χ1v) is 20.7. The molecular formula is C45H57BrO6. The van der Waals surface area contributed by atoms with Gasteiger partial charge in [0.1, 0.15) is 28.9 Å². The fourth-order valence-corrected chi connectivity index (χ4v) is 11.5. The molecule has 2 aromatic carbocycles. The maximum Gasteiger partial charge on any atom is 0.344 e. The SMILES string of the molecule is Cc1oc2cc(OCC(=O)O[C@@H]3CC[C@@]4(C)C(=CC[C@@H]5[C@H]6CC[C@@H]([C@@H](C)CCCC(C)C)[C@@]6(C)CC[C@H]54)C3)ccc2c(=O)c1Oc1ccc(Br)cc1. The van der Waals surface area contributed by atoms with Crippen LogP contribution < -0.4 is 14.9 Å². The van der Waals surface area contributed by atoms with E-state index in [1.807, 2.05) is 12.1 Å². The van der Waals surface area contributed by atoms with Gasteiger partial charge >= 0.3 is 5.97 Å². The lowest BCUT2D eigenvalue weighted by Gasteiger charge is -2.58. The van der Waals surface area contributed by atoms with E-state index in [0.29, 0.717) is 33.6 Å². The second kappa shape index (κ2) is 15.0. The Labute approximate surface area is 318 Å². The van der Waals surface area contributed by atoms with Crippen molar-refractivity contribution >= 4 is 32.9 Å². The van der Waals surface area contributed by atoms with Gasteiger partial charge in [0.25, 0.3) is 0 Å². The first-order chi connectivity index (χ1) is 24.9. The normalized spacial score (nSPS) is 30.2. The third kappa shape index (κ3) is 7.24. The predicted molar refractivity (Wildman–Crippen MR) is 210 cm³/mol. The molecule has 7 rings (SSSR count). The molecule has 0 aliphatic heterocycles. The van der Waals surface area contributed by atoms with Crippen molar-refractivity contribution in [3.63, 3.8) is 0 Å². The molecule has 4 aliphatic rings. The van der Waals surface area contributed by atoms with E-state index in [1.165, 1.54) is 56.9 Å². The summed E-state index contributed by atoms with van der Waals surface area (Å²) < 4.78 is 24.6. The highest BCUT2D eigenvalue weighted by Gasteiger charge is 2.59. The standard InChI is InChI=1S/C45H57BrO6/c1-27(2)8-7-9-28(3)37-18-19-38-35-16-10-30-24-34(20-22-44(30,5)39(35)21-23-45(37,38)6)51-41(47)26-49-33-15-17-36-40(25-33)50-29(4)43(42(36)48)52-32-13-11-31(46)12-14-32/h10-15,17,25,27-28,34-35,37-39H,7-9,16,18-24,26H2,1-6H3/t28-,34+,35+,37-,38+,39+,44-,45+/m0/s1. The summed E-state index contributed by atoms with van der Waals surface area (Å²) in [5.41, 5.74) is 2.32. The number of carbonyl (C=O) groups excluding carboxylic acids is 1. The molecule has 0 bridgehead atoms. The van der Waals surface area contributed by atoms with E-state index < -0.39 is 0 Å². The number of esters is 1. The minimum absolute atomic E-state index is 0.121. The van der Waals surface area contributed by atoms with Crippen molar-refractivity contribution in [1.82, 2.24) is 0 Å². The first-order valence-electron chi connectivity index (χ1n) is 19.9. The van der Waals surface area contributed by atoms with Gasteiger partial charge in [0, 0.05) is 17.0 Å². The smallest absolute Gasteiger partial charge is 0.344 e. The molecule has 0 radical (unpaired) electrons. The number of carbonyl (C=O) groups is 1. The summed E-state index contributed by atoms with van der Waals surface area (Å²) in [6, 6.07) is 12.2. The van der Waals surface area contributed by atoms with Crippen molar-refractivity contribution in [2.45, 2.75) is 118 Å². The summed E-state index contributed by atoms with van der Waals surface area (Å²) in [7, 11) is 0. The van der Waals surface area contributed by atoms with E-state index in [2.05, 4.69) is 56.6 Å². The molecule has 0 unspecified atom stereocenters. The minimum atomic E-state index is -0.369. The molecule has 3 saturated carbocycles. The maximum absolute atomic E-state index is 13.3. The van der Waals surface area contributed by atoms with E-state index in [0.717, 1.165) is 59.2 Å². The quantitative estimate of drug-likeness (QED) is 0.143. The Hall–Kier alpha value is -3.06. The number of halogens is 1. The van der Waals surface area contributed by atoms with Crippen LogP contribution in [0.3, 0.4) is 0 Å². The Morgan fingerprint density at radius 1 is 0.962 bits per heavy atom. The number of ether oxygens (including phenoxy) is 3. The van der Waals surface area contributed by atoms with Crippen LogP contribution in [0.4, 0.5) is 0 Å². The predicted octanol–water partition coefficient (Wildman–Crippen LogP) is 12.0. The molecule has 1 heterocycles. The van der Waals surface area contributed by atoms with Gasteiger partial charge in [-0.2, -0.15) is 0 Å². The van der Waals surface area contributed by atoms with Crippen LogP contribution in [0.1, 0.15) is 111 Å². The Balaban J connectivity index is 0.944. The van der Waals surface area contributed by atoms with Crippen LogP contribution in [-0.2, 0) is 9.53 Å². The van der Waals surface area contributed by atoms with Crippen LogP contribution in [0.15, 0.2) is 67.8 Å². The molecule has 280 valence electrons. The number of hydrogen-bond donors (Lipinski definition) is 0. The van der Waals surface area contributed by atoms with Gasteiger partial charge in [-0.05, 0) is 135 Å². The molecule has 1 aromatic heterocycles. The number of fused-ring (bicyclic) bond motifs is 6. The highest BCUT2D eigenvalue weighted by Crippen LogP contribution is 2.67. The Morgan fingerprint density at radius 3 is 2.50 bits per heavy atom. The maximum atomic E-state index is 13.3. The summed E-state index contributed by atoms with van der Waals surface area (Å²) in [6.07, 6.45) is 16.1. The highest BCUT2D eigenvalue weighted by molar-refractivity contribution is 9.10. The van der Waals surface area contributed by atoms with Crippen molar-refractivity contribution in [2.75, 3.05) is 6.61 Å². The van der Waals surface area contributed by atoms with Crippen LogP contribution >= 0.6 is 15.9 Å². The van der Waals surface area contributed by atoms with Crippen LogP contribution in [-0.4, -0.2) is 18.7 Å². The molecule has 3 fully saturated rings. The number of hydrogen-bond acceptors (Lipinski definition) is 6. The summed E-state index contributed by atoms with van der Waals surface area (Å²) in [5, 5.41) is 0.378. The third-order valence-corrected chi connectivity index (χ3v) is 14.5. The van der Waals surface area contributed by atoms with Crippen molar-refractivity contribution in [2.24, 2.45) is 46.3 Å². The Bertz CT molecular complexity index is 1860. The lowest BCUT2D eigenvalue weighted by molar-refractivity contribution is -0.153. The van der Waals surface area contributed by atoms with Gasteiger partial charge in [-0.25, -0.2) is 4.79 Å². The molecule has 0 spiro atoms. The zero-order chi connectivity index (χ0) is 36.8. The molecule has 0 N–H and O–H groups in total. The van der Waals surface area contributed by atoms with E-state index in [1.54, 1.807) is 37.3 Å². The zero-order valence-corrected chi connectivity index (χ0v) is 33.6. The van der Waals surface area contributed by atoms with Crippen LogP contribution in [0.2, 0.25) is 0 Å². The van der Waals surface area contributed by atoms with Crippen molar-refractivity contribution in [3.8, 4) is 17.2 Å². The molecule has 0 amide bonds. The molecule has 8 atom stereocenters. The van der Waals surface area contributed by atoms with Gasteiger partial charge in [-0.1, -0.05) is 81.5 Å². The lowest BCUT2D eigenvalue weighted by atomic mass is 9.47. The molecule has 0 saturated heterocycles. The minimum Gasteiger partial charge on any atom is -0.482 e. The number of benzene rings is 2. The second-order valence-corrected chi connectivity index (χ2v) is 18.4. The molecule has 52 heavy (non-hydrogen) atoms. The van der Waals surface area contributed by atoms with Gasteiger partial charge < -0.3 is 18.6 Å².